The van der Waals surface area contributed by atoms with E-state index in [4.69, 9.17) is 21.9 Å². The van der Waals surface area contributed by atoms with Gasteiger partial charge in [-0.3, -0.25) is 4.98 Å². The zero-order valence-electron chi connectivity index (χ0n) is 21.0. The van der Waals surface area contributed by atoms with Crippen molar-refractivity contribution in [1.29, 1.82) is 0 Å². The Morgan fingerprint density at radius 1 is 0.892 bits per heavy atom. The molecule has 0 saturated carbocycles. The number of pyridine rings is 2. The number of thiocarbonyl (C=S) groups is 1. The second-order valence-corrected chi connectivity index (χ2v) is 9.85. The number of hydrogen-bond acceptors (Lipinski definition) is 5. The Morgan fingerprint density at radius 3 is 2.27 bits per heavy atom. The van der Waals surface area contributed by atoms with E-state index in [0.29, 0.717) is 5.11 Å². The molecule has 3 aromatic heterocycles. The molecule has 0 bridgehead atoms. The molecule has 7 nitrogen and oxygen atoms in total. The number of benzene rings is 1. The summed E-state index contributed by atoms with van der Waals surface area (Å²) in [4.78, 5) is 13.9. The van der Waals surface area contributed by atoms with Crippen molar-refractivity contribution in [2.24, 2.45) is 0 Å². The lowest BCUT2D eigenvalue weighted by Gasteiger charge is -2.31. The van der Waals surface area contributed by atoms with Crippen molar-refractivity contribution < 1.29 is 4.74 Å². The van der Waals surface area contributed by atoms with Gasteiger partial charge in [0.15, 0.2) is 5.11 Å². The Balaban J connectivity index is 1.43. The van der Waals surface area contributed by atoms with Crippen LogP contribution in [0.4, 0.5) is 11.4 Å². The van der Waals surface area contributed by atoms with Crippen LogP contribution in [-0.4, -0.2) is 46.0 Å². The summed E-state index contributed by atoms with van der Waals surface area (Å²) in [7, 11) is 0. The van der Waals surface area contributed by atoms with E-state index in [1.54, 1.807) is 0 Å². The van der Waals surface area contributed by atoms with Gasteiger partial charge in [-0.15, -0.1) is 0 Å². The highest BCUT2D eigenvalue weighted by atomic mass is 32.1. The number of aromatic nitrogens is 3. The monoisotopic (exact) mass is 510 g/mol. The Hall–Kier alpha value is -3.75. The van der Waals surface area contributed by atoms with E-state index < -0.39 is 0 Å². The van der Waals surface area contributed by atoms with Crippen LogP contribution in [0, 0.1) is 13.8 Å². The predicted molar refractivity (Wildman–Crippen MR) is 150 cm³/mol. The molecule has 37 heavy (non-hydrogen) atoms. The molecule has 0 radical (unpaired) electrons. The average molecular weight is 511 g/mol. The van der Waals surface area contributed by atoms with Gasteiger partial charge in [0.05, 0.1) is 31.0 Å². The average Bonchev–Trinajstić information content (AvgIpc) is 3.45. The topological polar surface area (TPSA) is 58.5 Å². The van der Waals surface area contributed by atoms with E-state index in [1.165, 1.54) is 11.3 Å². The first kappa shape index (κ1) is 23.6. The number of nitrogens with zero attached hydrogens (tertiary/aromatic N) is 5. The number of hydrogen-bond donors (Lipinski definition) is 1. The summed E-state index contributed by atoms with van der Waals surface area (Å²) in [5.74, 6) is 0.910. The number of morpholine rings is 1. The van der Waals surface area contributed by atoms with Crippen molar-refractivity contribution in [2.45, 2.75) is 25.9 Å². The quantitative estimate of drug-likeness (QED) is 0.383. The summed E-state index contributed by atoms with van der Waals surface area (Å²) in [5.41, 5.74) is 6.69. The van der Waals surface area contributed by atoms with Crippen LogP contribution in [0.2, 0.25) is 0 Å². The highest BCUT2D eigenvalue weighted by Crippen LogP contribution is 2.44. The molecule has 0 amide bonds. The van der Waals surface area contributed by atoms with Crippen LogP contribution in [0.3, 0.4) is 0 Å². The maximum absolute atomic E-state index is 5.95. The fraction of sp³-hybridized carbons (Fsp3) is 0.276. The van der Waals surface area contributed by atoms with Gasteiger partial charge in [-0.1, -0.05) is 12.1 Å². The molecule has 2 aliphatic rings. The van der Waals surface area contributed by atoms with Crippen molar-refractivity contribution in [2.75, 3.05) is 36.1 Å². The summed E-state index contributed by atoms with van der Waals surface area (Å²) in [6.45, 7) is 7.64. The summed E-state index contributed by atoms with van der Waals surface area (Å²) in [6.07, 6.45) is 3.67. The van der Waals surface area contributed by atoms with E-state index in [9.17, 15) is 0 Å². The lowest BCUT2D eigenvalue weighted by Crippen LogP contribution is -2.36. The first-order valence-electron chi connectivity index (χ1n) is 12.7. The van der Waals surface area contributed by atoms with Crippen molar-refractivity contribution in [3.8, 4) is 5.82 Å². The first-order chi connectivity index (χ1) is 18.1. The maximum Gasteiger partial charge on any atom is 0.174 e. The molecule has 4 aromatic rings. The molecular weight excluding hydrogens is 480 g/mol. The molecule has 0 unspecified atom stereocenters. The largest absolute Gasteiger partial charge is 0.378 e. The van der Waals surface area contributed by atoms with Crippen LogP contribution in [0.15, 0.2) is 79.1 Å². The smallest absolute Gasteiger partial charge is 0.174 e. The molecule has 1 aromatic carbocycles. The lowest BCUT2D eigenvalue weighted by atomic mass is 9.96. The Bertz CT molecular complexity index is 1380. The summed E-state index contributed by atoms with van der Waals surface area (Å²) in [6, 6.07) is 22.9. The minimum atomic E-state index is -0.0923. The molecule has 0 spiro atoms. The molecule has 2 atom stereocenters. The third kappa shape index (κ3) is 4.36. The van der Waals surface area contributed by atoms with Gasteiger partial charge in [0.1, 0.15) is 5.82 Å². The number of nitrogens with one attached hydrogen (secondary N) is 1. The number of anilines is 2. The van der Waals surface area contributed by atoms with Gasteiger partial charge in [0.2, 0.25) is 0 Å². The second kappa shape index (κ2) is 9.95. The number of ether oxygens (including phenoxy) is 1. The molecule has 5 heterocycles. The predicted octanol–water partition coefficient (Wildman–Crippen LogP) is 4.90. The summed E-state index contributed by atoms with van der Waals surface area (Å²) < 4.78 is 7.74. The van der Waals surface area contributed by atoms with E-state index in [0.717, 1.165) is 54.9 Å². The number of aryl methyl sites for hydroxylation is 1. The summed E-state index contributed by atoms with van der Waals surface area (Å²) >= 11 is 5.95. The zero-order valence-corrected chi connectivity index (χ0v) is 21.9. The standard InChI is InChI=1S/C29H30N6OS/c1-20-19-24(21(2)34(20)26-8-4-6-14-31-26)28-27(25-7-3-5-13-30-25)32-29(37)35(28)23-11-9-22(10-12-23)33-15-17-36-18-16-33/h3-14,19,27-28H,15-18H2,1-2H3,(H,32,37)/t27-,28+/m1/s1. The van der Waals surface area contributed by atoms with E-state index in [-0.39, 0.29) is 12.1 Å². The highest BCUT2D eigenvalue weighted by molar-refractivity contribution is 7.80. The Labute approximate surface area is 222 Å². The minimum Gasteiger partial charge on any atom is -0.378 e. The van der Waals surface area contributed by atoms with Crippen LogP contribution >= 0.6 is 12.2 Å². The third-order valence-electron chi connectivity index (χ3n) is 7.27. The van der Waals surface area contributed by atoms with Gasteiger partial charge < -0.3 is 24.4 Å². The van der Waals surface area contributed by atoms with Crippen LogP contribution < -0.4 is 15.1 Å². The van der Waals surface area contributed by atoms with E-state index >= 15 is 0 Å². The second-order valence-electron chi connectivity index (χ2n) is 9.46. The first-order valence-corrected chi connectivity index (χ1v) is 13.1. The van der Waals surface area contributed by atoms with Gasteiger partial charge in [-0.25, -0.2) is 4.98 Å². The third-order valence-corrected chi connectivity index (χ3v) is 7.58. The SMILES string of the molecule is Cc1cc([C@H]2[C@@H](c3ccccn3)NC(=S)N2c2ccc(N3CCOCC3)cc2)c(C)n1-c1ccccn1. The van der Waals surface area contributed by atoms with Gasteiger partial charge in [-0.2, -0.15) is 0 Å². The molecule has 188 valence electrons. The lowest BCUT2D eigenvalue weighted by molar-refractivity contribution is 0.122. The van der Waals surface area contributed by atoms with Crippen LogP contribution in [0.1, 0.15) is 34.7 Å². The minimum absolute atomic E-state index is 0.0692. The van der Waals surface area contributed by atoms with Crippen molar-refractivity contribution >= 4 is 28.7 Å². The maximum atomic E-state index is 5.95. The molecular formula is C29H30N6OS. The van der Waals surface area contributed by atoms with E-state index in [2.05, 4.69) is 74.9 Å². The summed E-state index contributed by atoms with van der Waals surface area (Å²) in [5, 5.41) is 4.28. The molecule has 2 aliphatic heterocycles. The molecule has 6 rings (SSSR count). The van der Waals surface area contributed by atoms with Gasteiger partial charge in [0, 0.05) is 48.2 Å². The Kier molecular flexibility index (Phi) is 6.36. The van der Waals surface area contributed by atoms with Crippen molar-refractivity contribution in [3.05, 3.63) is 102 Å². The van der Waals surface area contributed by atoms with Gasteiger partial charge in [0.25, 0.3) is 0 Å². The van der Waals surface area contributed by atoms with Gasteiger partial charge >= 0.3 is 0 Å². The molecule has 8 heteroatoms. The van der Waals surface area contributed by atoms with Crippen LogP contribution in [0.5, 0.6) is 0 Å². The van der Waals surface area contributed by atoms with Crippen LogP contribution in [0.25, 0.3) is 5.82 Å². The van der Waals surface area contributed by atoms with Crippen LogP contribution in [-0.2, 0) is 4.74 Å². The fourth-order valence-electron chi connectivity index (χ4n) is 5.52. The molecule has 1 N–H and O–H groups in total. The number of rotatable bonds is 5. The Morgan fingerprint density at radius 2 is 1.59 bits per heavy atom. The van der Waals surface area contributed by atoms with Crippen molar-refractivity contribution in [1.82, 2.24) is 19.9 Å². The highest BCUT2D eigenvalue weighted by Gasteiger charge is 2.42. The molecule has 2 fully saturated rings. The van der Waals surface area contributed by atoms with E-state index in [1.807, 2.05) is 42.7 Å². The fourth-order valence-corrected chi connectivity index (χ4v) is 5.87. The molecule has 2 saturated heterocycles. The normalized spacial score (nSPS) is 19.8. The zero-order chi connectivity index (χ0) is 25.4. The molecule has 0 aliphatic carbocycles. The van der Waals surface area contributed by atoms with Crippen molar-refractivity contribution in [3.63, 3.8) is 0 Å². The van der Waals surface area contributed by atoms with Gasteiger partial charge in [-0.05, 0) is 86.2 Å².